The van der Waals surface area contributed by atoms with Crippen molar-refractivity contribution in [1.82, 2.24) is 4.98 Å². The SMILES string of the molecule is OCCc1ncc[c]c1F. The van der Waals surface area contributed by atoms with E-state index in [2.05, 4.69) is 11.1 Å². The third-order valence-corrected chi connectivity index (χ3v) is 1.12. The lowest BCUT2D eigenvalue weighted by Gasteiger charge is -1.95. The van der Waals surface area contributed by atoms with E-state index in [0.29, 0.717) is 0 Å². The van der Waals surface area contributed by atoms with E-state index in [9.17, 15) is 4.39 Å². The molecular formula is C7H7FNO. The summed E-state index contributed by atoms with van der Waals surface area (Å²) in [7, 11) is 0. The monoisotopic (exact) mass is 140 g/mol. The minimum absolute atomic E-state index is 0.0816. The molecule has 1 rings (SSSR count). The Morgan fingerprint density at radius 1 is 1.70 bits per heavy atom. The number of aliphatic hydroxyl groups is 1. The van der Waals surface area contributed by atoms with Crippen LogP contribution in [-0.2, 0) is 6.42 Å². The van der Waals surface area contributed by atoms with E-state index in [1.54, 1.807) is 0 Å². The largest absolute Gasteiger partial charge is 0.396 e. The van der Waals surface area contributed by atoms with Crippen LogP contribution in [0.4, 0.5) is 4.39 Å². The van der Waals surface area contributed by atoms with Crippen LogP contribution in [0.2, 0.25) is 0 Å². The van der Waals surface area contributed by atoms with E-state index < -0.39 is 5.82 Å². The quantitative estimate of drug-likeness (QED) is 0.651. The number of hydrogen-bond donors (Lipinski definition) is 1. The normalized spacial score (nSPS) is 9.80. The van der Waals surface area contributed by atoms with Gasteiger partial charge in [-0.15, -0.1) is 0 Å². The van der Waals surface area contributed by atoms with Crippen molar-refractivity contribution < 1.29 is 9.50 Å². The highest BCUT2D eigenvalue weighted by Gasteiger charge is 1.99. The molecule has 1 radical (unpaired) electrons. The lowest BCUT2D eigenvalue weighted by molar-refractivity contribution is 0.296. The molecule has 1 aromatic rings. The second kappa shape index (κ2) is 3.27. The van der Waals surface area contributed by atoms with Crippen molar-refractivity contribution in [3.63, 3.8) is 0 Å². The molecule has 1 heterocycles. The van der Waals surface area contributed by atoms with Gasteiger partial charge in [0, 0.05) is 25.3 Å². The Morgan fingerprint density at radius 2 is 2.50 bits per heavy atom. The molecule has 0 aliphatic heterocycles. The van der Waals surface area contributed by atoms with Gasteiger partial charge in [-0.2, -0.15) is 0 Å². The van der Waals surface area contributed by atoms with Crippen LogP contribution in [0.15, 0.2) is 12.3 Å². The average Bonchev–Trinajstić information content (AvgIpc) is 1.94. The molecule has 0 unspecified atom stereocenters. The maximum absolute atomic E-state index is 12.5. The van der Waals surface area contributed by atoms with Crippen molar-refractivity contribution in [1.29, 1.82) is 0 Å². The summed E-state index contributed by atoms with van der Waals surface area (Å²) in [5, 5.41) is 8.42. The van der Waals surface area contributed by atoms with Crippen LogP contribution in [0.1, 0.15) is 5.69 Å². The zero-order chi connectivity index (χ0) is 7.40. The van der Waals surface area contributed by atoms with Crippen molar-refractivity contribution in [2.24, 2.45) is 0 Å². The van der Waals surface area contributed by atoms with Crippen LogP contribution in [0.5, 0.6) is 0 Å². The van der Waals surface area contributed by atoms with Crippen LogP contribution in [0, 0.1) is 11.9 Å². The molecule has 0 saturated heterocycles. The van der Waals surface area contributed by atoms with Gasteiger partial charge in [-0.05, 0) is 6.07 Å². The first-order valence-electron chi connectivity index (χ1n) is 2.96. The first-order valence-corrected chi connectivity index (χ1v) is 2.96. The molecule has 10 heavy (non-hydrogen) atoms. The molecule has 0 bridgehead atoms. The molecule has 0 aromatic carbocycles. The molecule has 1 N–H and O–H groups in total. The third-order valence-electron chi connectivity index (χ3n) is 1.12. The number of hydrogen-bond acceptors (Lipinski definition) is 2. The summed E-state index contributed by atoms with van der Waals surface area (Å²) in [4.78, 5) is 3.70. The molecule has 53 valence electrons. The van der Waals surface area contributed by atoms with Crippen LogP contribution in [0.25, 0.3) is 0 Å². The number of aromatic nitrogens is 1. The molecule has 0 amide bonds. The molecule has 0 atom stereocenters. The summed E-state index contributed by atoms with van der Waals surface area (Å²) in [5.74, 6) is -0.475. The average molecular weight is 140 g/mol. The number of pyridine rings is 1. The minimum Gasteiger partial charge on any atom is -0.396 e. The third kappa shape index (κ3) is 1.51. The van der Waals surface area contributed by atoms with Gasteiger partial charge in [0.25, 0.3) is 0 Å². The highest BCUT2D eigenvalue weighted by Crippen LogP contribution is 2.00. The second-order valence-corrected chi connectivity index (χ2v) is 1.82. The molecule has 0 fully saturated rings. The summed E-state index contributed by atoms with van der Waals surface area (Å²) in [5.41, 5.74) is 0.269. The van der Waals surface area contributed by atoms with Gasteiger partial charge in [-0.25, -0.2) is 4.39 Å². The molecule has 0 spiro atoms. The van der Waals surface area contributed by atoms with Gasteiger partial charge in [-0.1, -0.05) is 0 Å². The Bertz CT molecular complexity index is 215. The number of aliphatic hydroxyl groups excluding tert-OH is 1. The van der Waals surface area contributed by atoms with Crippen LogP contribution in [-0.4, -0.2) is 16.7 Å². The van der Waals surface area contributed by atoms with Crippen molar-refractivity contribution in [2.75, 3.05) is 6.61 Å². The molecule has 0 aliphatic rings. The summed E-state index contributed by atoms with van der Waals surface area (Å²) in [6, 6.07) is 3.74. The number of halogens is 1. The fraction of sp³-hybridized carbons (Fsp3) is 0.286. The molecule has 0 saturated carbocycles. The molecule has 0 aliphatic carbocycles. The summed E-state index contributed by atoms with van der Waals surface area (Å²) < 4.78 is 12.5. The van der Waals surface area contributed by atoms with E-state index in [0.717, 1.165) is 0 Å². The minimum atomic E-state index is -0.475. The fourth-order valence-corrected chi connectivity index (χ4v) is 0.658. The standard InChI is InChI=1S/C7H7FNO/c8-6-2-1-4-9-7(6)3-5-10/h1,4,10H,3,5H2. The summed E-state index contributed by atoms with van der Waals surface area (Å²) in [6.07, 6.45) is 1.71. The first-order chi connectivity index (χ1) is 4.84. The lowest BCUT2D eigenvalue weighted by atomic mass is 10.3. The Balaban J connectivity index is 2.81. The predicted octanol–water partition coefficient (Wildman–Crippen LogP) is 0.556. The van der Waals surface area contributed by atoms with Gasteiger partial charge in [0.1, 0.15) is 0 Å². The summed E-state index contributed by atoms with van der Waals surface area (Å²) >= 11 is 0. The molecule has 1 aromatic heterocycles. The smallest absolute Gasteiger partial charge is 0.152 e. The van der Waals surface area contributed by atoms with Gasteiger partial charge < -0.3 is 5.11 Å². The maximum Gasteiger partial charge on any atom is 0.152 e. The van der Waals surface area contributed by atoms with Crippen LogP contribution in [0.3, 0.4) is 0 Å². The highest BCUT2D eigenvalue weighted by atomic mass is 19.1. The van der Waals surface area contributed by atoms with Gasteiger partial charge in [-0.3, -0.25) is 4.98 Å². The molecule has 3 heteroatoms. The zero-order valence-electron chi connectivity index (χ0n) is 5.34. The first kappa shape index (κ1) is 7.15. The Morgan fingerprint density at radius 3 is 3.10 bits per heavy atom. The Labute approximate surface area is 58.3 Å². The van der Waals surface area contributed by atoms with Crippen molar-refractivity contribution >= 4 is 0 Å². The van der Waals surface area contributed by atoms with Crippen molar-refractivity contribution in [3.05, 3.63) is 29.8 Å². The summed E-state index contributed by atoms with van der Waals surface area (Å²) in [6.45, 7) is -0.0816. The number of rotatable bonds is 2. The fourth-order valence-electron chi connectivity index (χ4n) is 0.658. The van der Waals surface area contributed by atoms with E-state index in [1.807, 2.05) is 0 Å². The van der Waals surface area contributed by atoms with Crippen molar-refractivity contribution in [2.45, 2.75) is 6.42 Å². The van der Waals surface area contributed by atoms with Crippen LogP contribution >= 0.6 is 0 Å². The Kier molecular flexibility index (Phi) is 2.34. The highest BCUT2D eigenvalue weighted by molar-refractivity contribution is 5.05. The van der Waals surface area contributed by atoms with Crippen LogP contribution < -0.4 is 0 Å². The maximum atomic E-state index is 12.5. The Hall–Kier alpha value is -0.960. The van der Waals surface area contributed by atoms with E-state index in [4.69, 9.17) is 5.11 Å². The van der Waals surface area contributed by atoms with E-state index in [1.165, 1.54) is 12.3 Å². The van der Waals surface area contributed by atoms with Gasteiger partial charge >= 0.3 is 0 Å². The molecular weight excluding hydrogens is 133 g/mol. The van der Waals surface area contributed by atoms with E-state index in [-0.39, 0.29) is 18.7 Å². The van der Waals surface area contributed by atoms with Gasteiger partial charge in [0.05, 0.1) is 5.69 Å². The topological polar surface area (TPSA) is 33.1 Å². The van der Waals surface area contributed by atoms with E-state index >= 15 is 0 Å². The predicted molar refractivity (Wildman–Crippen MR) is 33.8 cm³/mol. The zero-order valence-corrected chi connectivity index (χ0v) is 5.34. The van der Waals surface area contributed by atoms with Crippen molar-refractivity contribution in [3.8, 4) is 0 Å². The lowest BCUT2D eigenvalue weighted by Crippen LogP contribution is -1.97. The number of nitrogens with zero attached hydrogens (tertiary/aromatic N) is 1. The van der Waals surface area contributed by atoms with Gasteiger partial charge in [0.2, 0.25) is 0 Å². The second-order valence-electron chi connectivity index (χ2n) is 1.82. The molecule has 2 nitrogen and oxygen atoms in total. The van der Waals surface area contributed by atoms with Gasteiger partial charge in [0.15, 0.2) is 5.82 Å².